The highest BCUT2D eigenvalue weighted by molar-refractivity contribution is 7.89. The molecule has 4 aromatic carbocycles. The van der Waals surface area contributed by atoms with Gasteiger partial charge in [-0.2, -0.15) is 4.31 Å². The van der Waals surface area contributed by atoms with E-state index in [-0.39, 0.29) is 25.2 Å². The second-order valence-corrected chi connectivity index (χ2v) is 16.0. The quantitative estimate of drug-likeness (QED) is 0.130. The summed E-state index contributed by atoms with van der Waals surface area (Å²) in [6.45, 7) is 7.25. The van der Waals surface area contributed by atoms with Crippen molar-refractivity contribution >= 4 is 27.2 Å². The largest absolute Gasteiger partial charge is 0.497 e. The number of ether oxygens (including phenoxy) is 5. The zero-order valence-electron chi connectivity index (χ0n) is 32.0. The minimum atomic E-state index is -4.65. The maximum atomic E-state index is 16.7. The van der Waals surface area contributed by atoms with Crippen LogP contribution in [0.15, 0.2) is 80.8 Å². The van der Waals surface area contributed by atoms with Gasteiger partial charge in [-0.1, -0.05) is 30.3 Å². The van der Waals surface area contributed by atoms with Crippen molar-refractivity contribution in [3.63, 3.8) is 0 Å². The van der Waals surface area contributed by atoms with Gasteiger partial charge in [0.2, 0.25) is 10.0 Å². The monoisotopic (exact) mass is 777 g/mol. The molecule has 1 aliphatic heterocycles. The molecule has 1 aliphatic rings. The highest BCUT2D eigenvalue weighted by atomic mass is 32.2. The number of fused-ring (bicyclic) bond motifs is 2. The van der Waals surface area contributed by atoms with Crippen LogP contribution in [-0.2, 0) is 40.9 Å². The number of amides is 1. The third-order valence-corrected chi connectivity index (χ3v) is 11.3. The topological polar surface area (TPSA) is 139 Å². The van der Waals surface area contributed by atoms with E-state index < -0.39 is 49.8 Å². The molecule has 1 unspecified atom stereocenters. The Morgan fingerprint density at radius 3 is 2.02 bits per heavy atom. The van der Waals surface area contributed by atoms with Gasteiger partial charge in [0.15, 0.2) is 11.4 Å². The summed E-state index contributed by atoms with van der Waals surface area (Å²) in [6.07, 6.45) is -0.464. The number of rotatable bonds is 12. The summed E-state index contributed by atoms with van der Waals surface area (Å²) in [5.74, 6) is -0.385. The zero-order valence-corrected chi connectivity index (χ0v) is 32.8. The first-order chi connectivity index (χ1) is 26.1. The van der Waals surface area contributed by atoms with E-state index in [1.807, 2.05) is 18.2 Å². The van der Waals surface area contributed by atoms with Crippen LogP contribution >= 0.6 is 0 Å². The van der Waals surface area contributed by atoms with E-state index >= 15 is 4.39 Å². The fourth-order valence-electron chi connectivity index (χ4n) is 6.76. The van der Waals surface area contributed by atoms with Crippen LogP contribution in [0.2, 0.25) is 0 Å². The summed E-state index contributed by atoms with van der Waals surface area (Å²) in [5, 5.41) is 0. The zero-order chi connectivity index (χ0) is 39.8. The molecule has 0 spiro atoms. The van der Waals surface area contributed by atoms with Gasteiger partial charge in [0.1, 0.15) is 33.5 Å². The lowest BCUT2D eigenvalue weighted by molar-refractivity contribution is 0.0241. The lowest BCUT2D eigenvalue weighted by Crippen LogP contribution is -2.33. The molecule has 13 nitrogen and oxygen atoms in total. The molecule has 1 atom stereocenters. The summed E-state index contributed by atoms with van der Waals surface area (Å²) in [7, 11) is 1.25. The first kappa shape index (κ1) is 39.2. The molecule has 6 rings (SSSR count). The van der Waals surface area contributed by atoms with Gasteiger partial charge in [-0.05, 0) is 68.7 Å². The summed E-state index contributed by atoms with van der Waals surface area (Å²) < 4.78 is 81.0. The second-order valence-electron chi connectivity index (χ2n) is 14.1. The van der Waals surface area contributed by atoms with E-state index in [1.54, 1.807) is 69.0 Å². The predicted octanol–water partition coefficient (Wildman–Crippen LogP) is 7.02. The molecule has 0 bridgehead atoms. The van der Waals surface area contributed by atoms with Crippen molar-refractivity contribution in [2.24, 2.45) is 0 Å². The van der Waals surface area contributed by atoms with Gasteiger partial charge in [0, 0.05) is 42.9 Å². The average Bonchev–Trinajstić information content (AvgIpc) is 3.75. The molecule has 2 heterocycles. The standard InChI is InChI=1S/C40H44FN3O10S/c1-24(30-11-9-10-25-20-42(23-31(25)30)38(45)54-40(2,3)4)44-32-16-17-35(36(41)37(32)53-39(44)46)55(47,48)43(21-26-12-14-28(49-5)18-33(26)51-7)22-27-13-15-29(50-6)19-34(27)52-8/h9-19,24H,20-23H2,1-8H3. The van der Waals surface area contributed by atoms with Crippen LogP contribution in [0.3, 0.4) is 0 Å². The van der Waals surface area contributed by atoms with E-state index in [0.29, 0.717) is 40.7 Å². The van der Waals surface area contributed by atoms with Crippen molar-refractivity contribution in [2.75, 3.05) is 28.4 Å². The van der Waals surface area contributed by atoms with Crippen LogP contribution in [0, 0.1) is 5.82 Å². The van der Waals surface area contributed by atoms with Crippen LogP contribution in [0.1, 0.15) is 61.6 Å². The molecule has 1 amide bonds. The van der Waals surface area contributed by atoms with Crippen LogP contribution in [0.25, 0.3) is 11.1 Å². The number of sulfonamides is 1. The normalized spacial score (nSPS) is 13.5. The molecule has 0 aliphatic carbocycles. The van der Waals surface area contributed by atoms with E-state index in [0.717, 1.165) is 27.1 Å². The van der Waals surface area contributed by atoms with E-state index in [4.69, 9.17) is 28.1 Å². The molecule has 15 heteroatoms. The first-order valence-electron chi connectivity index (χ1n) is 17.4. The molecule has 292 valence electrons. The Hall–Kier alpha value is -5.54. The van der Waals surface area contributed by atoms with Crippen molar-refractivity contribution in [1.82, 2.24) is 13.8 Å². The van der Waals surface area contributed by atoms with Gasteiger partial charge >= 0.3 is 11.8 Å². The van der Waals surface area contributed by atoms with E-state index in [1.165, 1.54) is 39.1 Å². The Morgan fingerprint density at radius 1 is 0.873 bits per heavy atom. The SMILES string of the molecule is COc1ccc(CN(Cc2ccc(OC)cc2OC)S(=O)(=O)c2ccc3c(oc(=O)n3C(C)c3cccc4c3CN(C(=O)OC(C)(C)C)C4)c2F)c(OC)c1. The van der Waals surface area contributed by atoms with Crippen LogP contribution in [0.4, 0.5) is 9.18 Å². The van der Waals surface area contributed by atoms with Crippen LogP contribution in [-0.4, -0.2) is 62.3 Å². The minimum absolute atomic E-state index is 0.0637. The molecule has 0 radical (unpaired) electrons. The second kappa shape index (κ2) is 15.3. The third kappa shape index (κ3) is 7.71. The number of methoxy groups -OCH3 is 4. The van der Waals surface area contributed by atoms with Crippen molar-refractivity contribution in [3.8, 4) is 23.0 Å². The van der Waals surface area contributed by atoms with Gasteiger partial charge in [0.25, 0.3) is 0 Å². The van der Waals surface area contributed by atoms with Crippen LogP contribution in [0.5, 0.6) is 23.0 Å². The number of aromatic nitrogens is 1. The third-order valence-electron chi connectivity index (χ3n) is 9.49. The lowest BCUT2D eigenvalue weighted by Gasteiger charge is -2.25. The van der Waals surface area contributed by atoms with Gasteiger partial charge < -0.3 is 28.1 Å². The number of hydrogen-bond donors (Lipinski definition) is 0. The average molecular weight is 778 g/mol. The molecular formula is C40H44FN3O10S. The molecule has 55 heavy (non-hydrogen) atoms. The molecule has 0 saturated heterocycles. The smallest absolute Gasteiger partial charge is 0.420 e. The fraction of sp³-hybridized carbons (Fsp3) is 0.350. The van der Waals surface area contributed by atoms with Gasteiger partial charge in [0.05, 0.1) is 46.5 Å². The van der Waals surface area contributed by atoms with Gasteiger partial charge in [-0.25, -0.2) is 22.4 Å². The van der Waals surface area contributed by atoms with E-state index in [9.17, 15) is 18.0 Å². The van der Waals surface area contributed by atoms with Crippen LogP contribution < -0.4 is 24.7 Å². The Morgan fingerprint density at radius 2 is 1.47 bits per heavy atom. The molecule has 1 aromatic heterocycles. The number of carbonyl (C=O) groups is 1. The maximum absolute atomic E-state index is 16.7. The molecule has 0 N–H and O–H groups in total. The number of oxazole rings is 1. The maximum Gasteiger partial charge on any atom is 0.420 e. The van der Waals surface area contributed by atoms with Gasteiger partial charge in [-0.3, -0.25) is 9.47 Å². The highest BCUT2D eigenvalue weighted by Gasteiger charge is 2.34. The number of hydrogen-bond acceptors (Lipinski definition) is 10. The lowest BCUT2D eigenvalue weighted by atomic mass is 9.98. The summed E-state index contributed by atoms with van der Waals surface area (Å²) in [4.78, 5) is 27.3. The Bertz CT molecular complexity index is 2360. The Kier molecular flexibility index (Phi) is 10.9. The van der Waals surface area contributed by atoms with Crippen molar-refractivity contribution in [2.45, 2.75) is 70.4 Å². The minimum Gasteiger partial charge on any atom is -0.497 e. The van der Waals surface area contributed by atoms with E-state index in [2.05, 4.69) is 0 Å². The highest BCUT2D eigenvalue weighted by Crippen LogP contribution is 2.36. The fourth-order valence-corrected chi connectivity index (χ4v) is 8.21. The molecule has 0 fully saturated rings. The Balaban J connectivity index is 1.39. The van der Waals surface area contributed by atoms with Gasteiger partial charge in [-0.15, -0.1) is 0 Å². The predicted molar refractivity (Wildman–Crippen MR) is 202 cm³/mol. The molecule has 5 aromatic rings. The first-order valence-corrected chi connectivity index (χ1v) is 18.9. The number of benzene rings is 4. The molecule has 0 saturated carbocycles. The Labute approximate surface area is 318 Å². The van der Waals surface area contributed by atoms with Crippen molar-refractivity contribution in [3.05, 3.63) is 111 Å². The summed E-state index contributed by atoms with van der Waals surface area (Å²) >= 11 is 0. The number of halogens is 1. The summed E-state index contributed by atoms with van der Waals surface area (Å²) in [6, 6.07) is 17.3. The van der Waals surface area contributed by atoms with Crippen molar-refractivity contribution < 1.29 is 45.7 Å². The number of carbonyl (C=O) groups excluding carboxylic acids is 1. The van der Waals surface area contributed by atoms with Crippen molar-refractivity contribution in [1.29, 1.82) is 0 Å². The summed E-state index contributed by atoms with van der Waals surface area (Å²) in [5.41, 5.74) is 2.28. The number of nitrogens with zero attached hydrogens (tertiary/aromatic N) is 3. The molecular weight excluding hydrogens is 734 g/mol.